The average molecular weight is 272 g/mol. The molecule has 90 valence electrons. The molecule has 1 aromatic heterocycles. The molecule has 2 aromatic rings. The Bertz CT molecular complexity index is 616. The van der Waals surface area contributed by atoms with Crippen LogP contribution in [-0.4, -0.2) is 15.5 Å². The number of halogens is 1. The zero-order valence-electron chi connectivity index (χ0n) is 8.98. The van der Waals surface area contributed by atoms with Gasteiger partial charge in [-0.15, -0.1) is 0 Å². The van der Waals surface area contributed by atoms with Gasteiger partial charge >= 0.3 is 0 Å². The van der Waals surface area contributed by atoms with Crippen LogP contribution in [0.25, 0.3) is 11.1 Å². The van der Waals surface area contributed by atoms with Gasteiger partial charge in [0.1, 0.15) is 0 Å². The average Bonchev–Trinajstić information content (AvgIpc) is 2.80. The van der Waals surface area contributed by atoms with Crippen LogP contribution in [0.2, 0.25) is 5.02 Å². The van der Waals surface area contributed by atoms with E-state index in [4.69, 9.17) is 16.0 Å². The molecule has 0 aliphatic heterocycles. The number of furan rings is 1. The lowest BCUT2D eigenvalue weighted by molar-refractivity contribution is 0.449. The molecule has 1 N–H and O–H groups in total. The maximum atomic E-state index is 11.7. The van der Waals surface area contributed by atoms with Crippen molar-refractivity contribution in [3.05, 3.63) is 41.6 Å². The molecule has 0 atom stereocenters. The number of hydrogen-bond donors (Lipinski definition) is 1. The third-order valence-corrected chi connectivity index (χ3v) is 3.89. The number of nitrogens with one attached hydrogen (secondary N) is 1. The van der Waals surface area contributed by atoms with Crippen molar-refractivity contribution in [2.45, 2.75) is 5.09 Å². The smallest absolute Gasteiger partial charge is 0.274 e. The maximum Gasteiger partial charge on any atom is 0.274 e. The minimum absolute atomic E-state index is 0.0951. The summed E-state index contributed by atoms with van der Waals surface area (Å²) in [7, 11) is -2.26. The highest BCUT2D eigenvalue weighted by Crippen LogP contribution is 2.29. The van der Waals surface area contributed by atoms with E-state index in [0.717, 1.165) is 5.56 Å². The van der Waals surface area contributed by atoms with Crippen molar-refractivity contribution >= 4 is 21.6 Å². The van der Waals surface area contributed by atoms with Gasteiger partial charge in [-0.25, -0.2) is 13.1 Å². The fourth-order valence-electron chi connectivity index (χ4n) is 1.44. The second kappa shape index (κ2) is 4.52. The molecule has 1 heterocycles. The molecule has 0 radical (unpaired) electrons. The highest BCUT2D eigenvalue weighted by molar-refractivity contribution is 7.89. The van der Waals surface area contributed by atoms with Crippen molar-refractivity contribution in [1.82, 2.24) is 4.72 Å². The Morgan fingerprint density at radius 2 is 1.82 bits per heavy atom. The molecular weight excluding hydrogens is 262 g/mol. The number of sulfonamides is 1. The Labute approximate surface area is 104 Å². The quantitative estimate of drug-likeness (QED) is 0.933. The van der Waals surface area contributed by atoms with E-state index in [2.05, 4.69) is 4.72 Å². The predicted octanol–water partition coefficient (Wildman–Crippen LogP) is 2.51. The van der Waals surface area contributed by atoms with Gasteiger partial charge < -0.3 is 4.42 Å². The standard InChI is InChI=1S/C11H10ClNO3S/c1-13-17(14,15)11-10(6-7-16-11)8-2-4-9(12)5-3-8/h2-7,13H,1H3. The van der Waals surface area contributed by atoms with Gasteiger partial charge in [0.25, 0.3) is 10.0 Å². The van der Waals surface area contributed by atoms with E-state index in [-0.39, 0.29) is 5.09 Å². The minimum atomic E-state index is -3.59. The van der Waals surface area contributed by atoms with Crippen molar-refractivity contribution in [2.24, 2.45) is 0 Å². The summed E-state index contributed by atoms with van der Waals surface area (Å²) in [5.41, 5.74) is 1.24. The zero-order valence-corrected chi connectivity index (χ0v) is 10.5. The fourth-order valence-corrected chi connectivity index (χ4v) is 2.41. The molecule has 0 saturated carbocycles. The van der Waals surface area contributed by atoms with Crippen LogP contribution in [0.15, 0.2) is 46.1 Å². The van der Waals surface area contributed by atoms with Crippen LogP contribution in [0.4, 0.5) is 0 Å². The molecule has 17 heavy (non-hydrogen) atoms. The van der Waals surface area contributed by atoms with E-state index in [1.807, 2.05) is 0 Å². The first-order valence-electron chi connectivity index (χ1n) is 4.81. The second-order valence-corrected chi connectivity index (χ2v) is 5.56. The normalized spacial score (nSPS) is 11.6. The van der Waals surface area contributed by atoms with E-state index in [0.29, 0.717) is 10.6 Å². The van der Waals surface area contributed by atoms with Gasteiger partial charge in [-0.3, -0.25) is 0 Å². The number of benzene rings is 1. The van der Waals surface area contributed by atoms with Crippen LogP contribution >= 0.6 is 11.6 Å². The topological polar surface area (TPSA) is 59.3 Å². The van der Waals surface area contributed by atoms with Gasteiger partial charge in [-0.2, -0.15) is 0 Å². The molecular formula is C11H10ClNO3S. The molecule has 0 bridgehead atoms. The van der Waals surface area contributed by atoms with E-state index in [1.165, 1.54) is 13.3 Å². The largest absolute Gasteiger partial charge is 0.451 e. The molecule has 0 unspecified atom stereocenters. The molecule has 2 rings (SSSR count). The summed E-state index contributed by atoms with van der Waals surface area (Å²) in [6.07, 6.45) is 1.34. The Morgan fingerprint density at radius 1 is 1.18 bits per heavy atom. The molecule has 0 amide bonds. The third kappa shape index (κ3) is 2.36. The van der Waals surface area contributed by atoms with Crippen molar-refractivity contribution in [2.75, 3.05) is 7.05 Å². The summed E-state index contributed by atoms with van der Waals surface area (Å²) in [4.78, 5) is 0. The first-order chi connectivity index (χ1) is 8.04. The lowest BCUT2D eigenvalue weighted by Gasteiger charge is -2.03. The fraction of sp³-hybridized carbons (Fsp3) is 0.0909. The molecule has 0 spiro atoms. The summed E-state index contributed by atoms with van der Waals surface area (Å²) in [5, 5.41) is 0.498. The van der Waals surface area contributed by atoms with E-state index in [1.54, 1.807) is 30.3 Å². The maximum absolute atomic E-state index is 11.7. The summed E-state index contributed by atoms with van der Waals surface area (Å²) >= 11 is 5.78. The first-order valence-corrected chi connectivity index (χ1v) is 6.67. The molecule has 0 saturated heterocycles. The van der Waals surface area contributed by atoms with Crippen LogP contribution in [0.5, 0.6) is 0 Å². The Kier molecular flexibility index (Phi) is 3.24. The van der Waals surface area contributed by atoms with Crippen molar-refractivity contribution in [3.8, 4) is 11.1 Å². The van der Waals surface area contributed by atoms with Crippen LogP contribution in [-0.2, 0) is 10.0 Å². The van der Waals surface area contributed by atoms with Crippen LogP contribution in [0, 0.1) is 0 Å². The molecule has 0 aliphatic carbocycles. The van der Waals surface area contributed by atoms with Gasteiger partial charge in [-0.1, -0.05) is 23.7 Å². The third-order valence-electron chi connectivity index (χ3n) is 2.30. The summed E-state index contributed by atoms with van der Waals surface area (Å²) in [6, 6.07) is 8.47. The van der Waals surface area contributed by atoms with Crippen molar-refractivity contribution in [3.63, 3.8) is 0 Å². The van der Waals surface area contributed by atoms with Gasteiger partial charge in [0.15, 0.2) is 0 Å². The summed E-state index contributed by atoms with van der Waals surface area (Å²) < 4.78 is 30.6. The van der Waals surface area contributed by atoms with E-state index in [9.17, 15) is 8.42 Å². The summed E-state index contributed by atoms with van der Waals surface area (Å²) in [6.45, 7) is 0. The number of rotatable bonds is 3. The second-order valence-electron chi connectivity index (χ2n) is 3.34. The number of hydrogen-bond acceptors (Lipinski definition) is 3. The van der Waals surface area contributed by atoms with Gasteiger partial charge in [0, 0.05) is 10.6 Å². The molecule has 0 aliphatic rings. The minimum Gasteiger partial charge on any atom is -0.451 e. The monoisotopic (exact) mass is 271 g/mol. The Hall–Kier alpha value is -1.30. The summed E-state index contributed by atoms with van der Waals surface area (Å²) in [5.74, 6) is 0. The van der Waals surface area contributed by atoms with E-state index >= 15 is 0 Å². The van der Waals surface area contributed by atoms with Gasteiger partial charge in [0.05, 0.1) is 6.26 Å². The SMILES string of the molecule is CNS(=O)(=O)c1occc1-c1ccc(Cl)cc1. The highest BCUT2D eigenvalue weighted by atomic mass is 35.5. The molecule has 0 fully saturated rings. The zero-order chi connectivity index (χ0) is 12.5. The Balaban J connectivity index is 2.55. The lowest BCUT2D eigenvalue weighted by atomic mass is 10.1. The molecule has 6 heteroatoms. The predicted molar refractivity (Wildman–Crippen MR) is 65.4 cm³/mol. The molecule has 1 aromatic carbocycles. The highest BCUT2D eigenvalue weighted by Gasteiger charge is 2.21. The van der Waals surface area contributed by atoms with Crippen molar-refractivity contribution in [1.29, 1.82) is 0 Å². The van der Waals surface area contributed by atoms with Gasteiger partial charge in [-0.05, 0) is 30.8 Å². The van der Waals surface area contributed by atoms with Crippen LogP contribution < -0.4 is 4.72 Å². The lowest BCUT2D eigenvalue weighted by Crippen LogP contribution is -2.18. The van der Waals surface area contributed by atoms with Crippen molar-refractivity contribution < 1.29 is 12.8 Å². The molecule has 4 nitrogen and oxygen atoms in total. The van der Waals surface area contributed by atoms with Crippen LogP contribution in [0.1, 0.15) is 0 Å². The van der Waals surface area contributed by atoms with Gasteiger partial charge in [0.2, 0.25) is 5.09 Å². The van der Waals surface area contributed by atoms with E-state index < -0.39 is 10.0 Å². The van der Waals surface area contributed by atoms with Crippen LogP contribution in [0.3, 0.4) is 0 Å². The first kappa shape index (κ1) is 12.2. The Morgan fingerprint density at radius 3 is 2.41 bits per heavy atom.